The van der Waals surface area contributed by atoms with E-state index in [9.17, 15) is 14.3 Å². The Morgan fingerprint density at radius 1 is 1.23 bits per heavy atom. The molecule has 1 N–H and O–H groups in total. The number of carboxylic acid groups (broad SMARTS) is 1. The van der Waals surface area contributed by atoms with E-state index < -0.39 is 5.97 Å². The van der Waals surface area contributed by atoms with Crippen LogP contribution in [0.3, 0.4) is 0 Å². The van der Waals surface area contributed by atoms with E-state index >= 15 is 0 Å². The minimum Gasteiger partial charge on any atom is -0.480 e. The van der Waals surface area contributed by atoms with Crippen LogP contribution in [0.1, 0.15) is 50.0 Å². The van der Waals surface area contributed by atoms with Crippen LogP contribution in [0.5, 0.6) is 0 Å². The summed E-state index contributed by atoms with van der Waals surface area (Å²) in [6.07, 6.45) is 6.50. The highest BCUT2D eigenvalue weighted by Gasteiger charge is 2.38. The summed E-state index contributed by atoms with van der Waals surface area (Å²) in [5.41, 5.74) is 0.996. The second-order valence-corrected chi connectivity index (χ2v) is 6.72. The molecule has 1 aromatic rings. The number of carbonyl (C=O) groups is 1. The smallest absolute Gasteiger partial charge is 0.321 e. The van der Waals surface area contributed by atoms with Gasteiger partial charge in [0.25, 0.3) is 0 Å². The van der Waals surface area contributed by atoms with Crippen molar-refractivity contribution in [3.63, 3.8) is 0 Å². The summed E-state index contributed by atoms with van der Waals surface area (Å²) in [5.74, 6) is -0.372. The van der Waals surface area contributed by atoms with Gasteiger partial charge in [-0.1, -0.05) is 31.4 Å². The Bertz CT molecular complexity index is 528. The lowest BCUT2D eigenvalue weighted by molar-refractivity contribution is -0.145. The highest BCUT2D eigenvalue weighted by Crippen LogP contribution is 2.34. The fourth-order valence-electron chi connectivity index (χ4n) is 4.18. The molecule has 120 valence electrons. The van der Waals surface area contributed by atoms with Gasteiger partial charge in [-0.2, -0.15) is 0 Å². The van der Waals surface area contributed by atoms with Crippen LogP contribution >= 0.6 is 0 Å². The number of halogens is 1. The minimum atomic E-state index is -0.688. The standard InChI is InChI=1S/C18H24FNO2/c19-16-8-4-7-14(11-16)15-9-10-20(12-15)17(18(21)22)13-5-2-1-3-6-13/h4,7-8,11,13,15,17H,1-3,5-6,9-10,12H2,(H,21,22)/t15-,17-/m1/s1. The van der Waals surface area contributed by atoms with Crippen LogP contribution in [0.2, 0.25) is 0 Å². The molecule has 1 heterocycles. The quantitative estimate of drug-likeness (QED) is 0.923. The molecule has 1 aliphatic heterocycles. The molecule has 1 saturated carbocycles. The molecule has 4 heteroatoms. The average Bonchev–Trinajstić information content (AvgIpc) is 2.98. The fourth-order valence-corrected chi connectivity index (χ4v) is 4.18. The highest BCUT2D eigenvalue weighted by molar-refractivity contribution is 5.74. The van der Waals surface area contributed by atoms with Gasteiger partial charge in [-0.25, -0.2) is 4.39 Å². The van der Waals surface area contributed by atoms with E-state index in [4.69, 9.17) is 0 Å². The molecule has 1 saturated heterocycles. The molecule has 22 heavy (non-hydrogen) atoms. The number of hydrogen-bond donors (Lipinski definition) is 1. The second kappa shape index (κ2) is 6.78. The summed E-state index contributed by atoms with van der Waals surface area (Å²) in [6.45, 7) is 1.53. The summed E-state index contributed by atoms with van der Waals surface area (Å²) >= 11 is 0. The van der Waals surface area contributed by atoms with Gasteiger partial charge in [0.2, 0.25) is 0 Å². The van der Waals surface area contributed by atoms with Crippen molar-refractivity contribution in [1.29, 1.82) is 0 Å². The van der Waals surface area contributed by atoms with Crippen molar-refractivity contribution in [2.75, 3.05) is 13.1 Å². The zero-order valence-corrected chi connectivity index (χ0v) is 12.9. The first-order valence-electron chi connectivity index (χ1n) is 8.37. The Hall–Kier alpha value is -1.42. The summed E-state index contributed by atoms with van der Waals surface area (Å²) in [7, 11) is 0. The number of hydrogen-bond acceptors (Lipinski definition) is 2. The molecule has 1 aliphatic carbocycles. The van der Waals surface area contributed by atoms with E-state index in [2.05, 4.69) is 4.90 Å². The van der Waals surface area contributed by atoms with Crippen molar-refractivity contribution in [3.05, 3.63) is 35.6 Å². The topological polar surface area (TPSA) is 40.5 Å². The molecule has 2 fully saturated rings. The number of aliphatic carboxylic acids is 1. The van der Waals surface area contributed by atoms with Crippen molar-refractivity contribution < 1.29 is 14.3 Å². The third-order valence-corrected chi connectivity index (χ3v) is 5.28. The molecule has 0 bridgehead atoms. The van der Waals surface area contributed by atoms with E-state index in [1.165, 1.54) is 12.5 Å². The Balaban J connectivity index is 1.70. The molecule has 2 aliphatic rings. The predicted molar refractivity (Wildman–Crippen MR) is 83.3 cm³/mol. The first kappa shape index (κ1) is 15.5. The number of benzene rings is 1. The highest BCUT2D eigenvalue weighted by atomic mass is 19.1. The number of rotatable bonds is 4. The van der Waals surface area contributed by atoms with E-state index in [0.29, 0.717) is 0 Å². The zero-order valence-electron chi connectivity index (χ0n) is 12.9. The first-order valence-corrected chi connectivity index (χ1v) is 8.37. The Kier molecular flexibility index (Phi) is 4.77. The van der Waals surface area contributed by atoms with Crippen LogP contribution < -0.4 is 0 Å². The molecule has 0 spiro atoms. The molecule has 0 unspecified atom stereocenters. The molecule has 2 atom stereocenters. The normalized spacial score (nSPS) is 25.2. The van der Waals surface area contributed by atoms with E-state index in [1.54, 1.807) is 12.1 Å². The average molecular weight is 305 g/mol. The minimum absolute atomic E-state index is 0.210. The van der Waals surface area contributed by atoms with Crippen LogP contribution in [0, 0.1) is 11.7 Å². The monoisotopic (exact) mass is 305 g/mol. The summed E-state index contributed by atoms with van der Waals surface area (Å²) < 4.78 is 13.4. The van der Waals surface area contributed by atoms with Gasteiger partial charge in [0.15, 0.2) is 0 Å². The van der Waals surface area contributed by atoms with E-state index in [0.717, 1.165) is 50.8 Å². The number of nitrogens with zero attached hydrogens (tertiary/aromatic N) is 1. The molecular formula is C18H24FNO2. The summed E-state index contributed by atoms with van der Waals surface area (Å²) in [5, 5.41) is 9.69. The van der Waals surface area contributed by atoms with Crippen LogP contribution in [0.15, 0.2) is 24.3 Å². The first-order chi connectivity index (χ1) is 10.6. The van der Waals surface area contributed by atoms with E-state index in [1.807, 2.05) is 6.07 Å². The van der Waals surface area contributed by atoms with Gasteiger partial charge in [-0.3, -0.25) is 9.69 Å². The van der Waals surface area contributed by atoms with Crippen molar-refractivity contribution in [2.45, 2.75) is 50.5 Å². The largest absolute Gasteiger partial charge is 0.480 e. The van der Waals surface area contributed by atoms with Gasteiger partial charge in [0.1, 0.15) is 11.9 Å². The van der Waals surface area contributed by atoms with Crippen molar-refractivity contribution in [3.8, 4) is 0 Å². The van der Waals surface area contributed by atoms with E-state index in [-0.39, 0.29) is 23.7 Å². The van der Waals surface area contributed by atoms with Crippen LogP contribution in [0.25, 0.3) is 0 Å². The van der Waals surface area contributed by atoms with Gasteiger partial charge in [-0.05, 0) is 55.3 Å². The third kappa shape index (κ3) is 3.32. The lowest BCUT2D eigenvalue weighted by Crippen LogP contribution is -2.45. The van der Waals surface area contributed by atoms with Crippen LogP contribution in [-0.4, -0.2) is 35.1 Å². The lowest BCUT2D eigenvalue weighted by atomic mass is 9.83. The second-order valence-electron chi connectivity index (χ2n) is 6.72. The molecule has 0 radical (unpaired) electrons. The van der Waals surface area contributed by atoms with Gasteiger partial charge in [0.05, 0.1) is 0 Å². The molecular weight excluding hydrogens is 281 g/mol. The third-order valence-electron chi connectivity index (χ3n) is 5.28. The zero-order chi connectivity index (χ0) is 15.5. The molecule has 1 aromatic carbocycles. The lowest BCUT2D eigenvalue weighted by Gasteiger charge is -2.33. The van der Waals surface area contributed by atoms with Gasteiger partial charge in [0, 0.05) is 6.54 Å². The fraction of sp³-hybridized carbons (Fsp3) is 0.611. The molecule has 3 nitrogen and oxygen atoms in total. The summed E-state index contributed by atoms with van der Waals surface area (Å²) in [6, 6.07) is 6.37. The maximum atomic E-state index is 13.4. The Labute approximate surface area is 131 Å². The number of likely N-dealkylation sites (tertiary alicyclic amines) is 1. The maximum Gasteiger partial charge on any atom is 0.321 e. The maximum absolute atomic E-state index is 13.4. The van der Waals surface area contributed by atoms with Gasteiger partial charge in [-0.15, -0.1) is 0 Å². The molecule has 0 aromatic heterocycles. The van der Waals surface area contributed by atoms with Crippen molar-refractivity contribution in [1.82, 2.24) is 4.90 Å². The van der Waals surface area contributed by atoms with Gasteiger partial charge >= 0.3 is 5.97 Å². The van der Waals surface area contributed by atoms with Crippen LogP contribution in [-0.2, 0) is 4.79 Å². The SMILES string of the molecule is O=C(O)[C@@H](C1CCCCC1)N1CC[C@@H](c2cccc(F)c2)C1. The number of carboxylic acids is 1. The van der Waals surface area contributed by atoms with Crippen molar-refractivity contribution >= 4 is 5.97 Å². The summed E-state index contributed by atoms with van der Waals surface area (Å²) in [4.78, 5) is 13.9. The van der Waals surface area contributed by atoms with Crippen LogP contribution in [0.4, 0.5) is 4.39 Å². The van der Waals surface area contributed by atoms with Crippen molar-refractivity contribution in [2.24, 2.45) is 5.92 Å². The molecule has 3 rings (SSSR count). The predicted octanol–water partition coefficient (Wildman–Crippen LogP) is 3.65. The Morgan fingerprint density at radius 3 is 2.68 bits per heavy atom. The van der Waals surface area contributed by atoms with Gasteiger partial charge < -0.3 is 5.11 Å². The Morgan fingerprint density at radius 2 is 2.00 bits per heavy atom. The molecule has 0 amide bonds.